The van der Waals surface area contributed by atoms with Gasteiger partial charge in [0.2, 0.25) is 0 Å². The van der Waals surface area contributed by atoms with Gasteiger partial charge >= 0.3 is 0 Å². The van der Waals surface area contributed by atoms with Crippen LogP contribution in [-0.2, 0) is 38.9 Å². The molecule has 0 bridgehead atoms. The highest BCUT2D eigenvalue weighted by Gasteiger charge is 2.06. The zero-order valence-electron chi connectivity index (χ0n) is 13.8. The van der Waals surface area contributed by atoms with Crippen molar-refractivity contribution in [1.82, 2.24) is 0 Å². The van der Waals surface area contributed by atoms with Crippen molar-refractivity contribution in [2.24, 2.45) is 0 Å². The minimum atomic E-state index is -1.04. The second-order valence-corrected chi connectivity index (χ2v) is 8.74. The number of hydrogen-bond acceptors (Lipinski definition) is 2. The maximum Gasteiger partial charge on any atom is 0.0574 e. The van der Waals surface area contributed by atoms with Crippen molar-refractivity contribution >= 4 is 21.6 Å². The van der Waals surface area contributed by atoms with Crippen molar-refractivity contribution < 1.29 is 8.42 Å². The maximum absolute atomic E-state index is 12.3. The van der Waals surface area contributed by atoms with Crippen LogP contribution < -0.4 is 0 Å². The Hall–Kier alpha value is -2.04. The summed E-state index contributed by atoms with van der Waals surface area (Å²) in [6.07, 6.45) is 0. The molecule has 0 N–H and O–H groups in total. The Kier molecular flexibility index (Phi) is 6.31. The Balaban J connectivity index is 1.57. The summed E-state index contributed by atoms with van der Waals surface area (Å²) in [5.74, 6) is 1.61. The Labute approximate surface area is 153 Å². The van der Waals surface area contributed by atoms with Gasteiger partial charge in [0.05, 0.1) is 16.6 Å². The zero-order chi connectivity index (χ0) is 17.5. The number of hydrogen-bond donors (Lipinski definition) is 0. The average molecular weight is 369 g/mol. The van der Waals surface area contributed by atoms with Crippen LogP contribution in [0.2, 0.25) is 0 Å². The molecule has 0 heterocycles. The maximum atomic E-state index is 12.3. The molecule has 3 rings (SSSR count). The van der Waals surface area contributed by atoms with Crippen molar-refractivity contribution in [3.05, 3.63) is 102 Å². The molecular weight excluding hydrogens is 348 g/mol. The first-order chi connectivity index (χ1) is 12.2. The quantitative estimate of drug-likeness (QED) is 0.618. The molecule has 3 aromatic carbocycles. The van der Waals surface area contributed by atoms with Gasteiger partial charge in [0.1, 0.15) is 0 Å². The van der Waals surface area contributed by atoms with Gasteiger partial charge in [-0.1, -0.05) is 72.8 Å². The van der Waals surface area contributed by atoms with Crippen LogP contribution in [0, 0.1) is 0 Å². The lowest BCUT2D eigenvalue weighted by Gasteiger charge is -2.06. The van der Waals surface area contributed by atoms with E-state index < -0.39 is 21.6 Å². The van der Waals surface area contributed by atoms with E-state index in [2.05, 4.69) is 0 Å². The van der Waals surface area contributed by atoms with Gasteiger partial charge in [-0.15, -0.1) is 0 Å². The van der Waals surface area contributed by atoms with Gasteiger partial charge in [-0.05, 0) is 28.8 Å². The second kappa shape index (κ2) is 8.88. The summed E-state index contributed by atoms with van der Waals surface area (Å²) in [6, 6.07) is 27.3. The molecule has 0 spiro atoms. The van der Waals surface area contributed by atoms with Gasteiger partial charge < -0.3 is 0 Å². The molecule has 0 aliphatic rings. The molecule has 2 nitrogen and oxygen atoms in total. The molecule has 3 aromatic rings. The third kappa shape index (κ3) is 5.48. The lowest BCUT2D eigenvalue weighted by Crippen LogP contribution is -2.00. The molecule has 0 radical (unpaired) electrons. The van der Waals surface area contributed by atoms with E-state index in [9.17, 15) is 8.42 Å². The molecule has 4 heteroatoms. The van der Waals surface area contributed by atoms with Crippen molar-refractivity contribution in [3.63, 3.8) is 0 Å². The highest BCUT2D eigenvalue weighted by molar-refractivity contribution is 7.84. The summed E-state index contributed by atoms with van der Waals surface area (Å²) < 4.78 is 24.6. The SMILES string of the molecule is O=S(Cc1ccccc1)Cc1ccc(CS(=O)c2ccccc2)cc1. The van der Waals surface area contributed by atoms with E-state index in [0.29, 0.717) is 17.3 Å². The molecule has 0 amide bonds. The number of rotatable bonds is 7. The van der Waals surface area contributed by atoms with Crippen LogP contribution in [-0.4, -0.2) is 8.42 Å². The molecule has 0 aromatic heterocycles. The Morgan fingerprint density at radius 2 is 0.960 bits per heavy atom. The first-order valence-electron chi connectivity index (χ1n) is 8.11. The zero-order valence-corrected chi connectivity index (χ0v) is 15.5. The van der Waals surface area contributed by atoms with Gasteiger partial charge in [0.25, 0.3) is 0 Å². The number of benzene rings is 3. The van der Waals surface area contributed by atoms with E-state index in [0.717, 1.165) is 21.6 Å². The van der Waals surface area contributed by atoms with Crippen molar-refractivity contribution in [2.75, 3.05) is 0 Å². The van der Waals surface area contributed by atoms with Gasteiger partial charge in [0.15, 0.2) is 0 Å². The van der Waals surface area contributed by atoms with Gasteiger partial charge in [-0.3, -0.25) is 8.42 Å². The molecule has 2 unspecified atom stereocenters. The highest BCUT2D eigenvalue weighted by atomic mass is 32.2. The van der Waals surface area contributed by atoms with E-state index in [1.807, 2.05) is 84.9 Å². The van der Waals surface area contributed by atoms with E-state index in [4.69, 9.17) is 0 Å². The van der Waals surface area contributed by atoms with Crippen LogP contribution in [0.5, 0.6) is 0 Å². The summed E-state index contributed by atoms with van der Waals surface area (Å²) in [5.41, 5.74) is 3.17. The second-order valence-electron chi connectivity index (χ2n) is 5.83. The standard InChI is InChI=1S/C21H20O2S2/c22-24(15-18-7-3-1-4-8-18)16-19-11-13-20(14-12-19)17-25(23)21-9-5-2-6-10-21/h1-14H,15-17H2. The van der Waals surface area contributed by atoms with Crippen molar-refractivity contribution in [2.45, 2.75) is 22.2 Å². The molecule has 25 heavy (non-hydrogen) atoms. The van der Waals surface area contributed by atoms with E-state index in [1.54, 1.807) is 0 Å². The van der Waals surface area contributed by atoms with Gasteiger partial charge in [-0.25, -0.2) is 0 Å². The van der Waals surface area contributed by atoms with Crippen molar-refractivity contribution in [3.8, 4) is 0 Å². The van der Waals surface area contributed by atoms with E-state index in [-0.39, 0.29) is 0 Å². The fourth-order valence-corrected chi connectivity index (χ4v) is 4.89. The smallest absolute Gasteiger partial charge is 0.0574 e. The summed E-state index contributed by atoms with van der Waals surface area (Å²) in [7, 11) is -1.97. The fraction of sp³-hybridized carbons (Fsp3) is 0.143. The van der Waals surface area contributed by atoms with Crippen LogP contribution >= 0.6 is 0 Å². The van der Waals surface area contributed by atoms with E-state index >= 15 is 0 Å². The van der Waals surface area contributed by atoms with Gasteiger partial charge in [0, 0.05) is 27.2 Å². The first-order valence-corrected chi connectivity index (χ1v) is 10.9. The summed E-state index contributed by atoms with van der Waals surface area (Å²) in [6.45, 7) is 0. The predicted octanol–water partition coefficient (Wildman–Crippen LogP) is 4.44. The molecule has 0 aliphatic carbocycles. The lowest BCUT2D eigenvalue weighted by atomic mass is 10.2. The Bertz CT molecular complexity index is 844. The summed E-state index contributed by atoms with van der Waals surface area (Å²) in [5, 5.41) is 0. The third-order valence-corrected chi connectivity index (χ3v) is 6.53. The van der Waals surface area contributed by atoms with Crippen LogP contribution in [0.3, 0.4) is 0 Å². The third-order valence-electron chi connectivity index (χ3n) is 3.82. The summed E-state index contributed by atoms with van der Waals surface area (Å²) in [4.78, 5) is 0.843. The first kappa shape index (κ1) is 17.8. The Morgan fingerprint density at radius 3 is 1.52 bits per heavy atom. The Morgan fingerprint density at radius 1 is 0.520 bits per heavy atom. The molecule has 128 valence electrons. The minimum Gasteiger partial charge on any atom is -0.259 e. The predicted molar refractivity (Wildman–Crippen MR) is 105 cm³/mol. The van der Waals surface area contributed by atoms with Crippen molar-refractivity contribution in [1.29, 1.82) is 0 Å². The molecular formula is C21H20O2S2. The topological polar surface area (TPSA) is 34.1 Å². The normalized spacial score (nSPS) is 13.3. The minimum absolute atomic E-state index is 0.497. The van der Waals surface area contributed by atoms with Crippen LogP contribution in [0.25, 0.3) is 0 Å². The summed E-state index contributed by atoms with van der Waals surface area (Å²) >= 11 is 0. The molecule has 0 saturated carbocycles. The van der Waals surface area contributed by atoms with Crippen LogP contribution in [0.1, 0.15) is 16.7 Å². The van der Waals surface area contributed by atoms with E-state index in [1.165, 1.54) is 0 Å². The molecule has 0 fully saturated rings. The van der Waals surface area contributed by atoms with Crippen LogP contribution in [0.15, 0.2) is 89.8 Å². The average Bonchev–Trinajstić information content (AvgIpc) is 2.65. The van der Waals surface area contributed by atoms with Gasteiger partial charge in [-0.2, -0.15) is 0 Å². The van der Waals surface area contributed by atoms with Crippen LogP contribution in [0.4, 0.5) is 0 Å². The molecule has 0 saturated heterocycles. The largest absolute Gasteiger partial charge is 0.259 e. The monoisotopic (exact) mass is 368 g/mol. The molecule has 0 aliphatic heterocycles. The fourth-order valence-electron chi connectivity index (χ4n) is 2.54. The lowest BCUT2D eigenvalue weighted by molar-refractivity contribution is 0.681. The molecule has 2 atom stereocenters. The highest BCUT2D eigenvalue weighted by Crippen LogP contribution is 2.14.